The van der Waals surface area contributed by atoms with E-state index in [9.17, 15) is 0 Å². The fourth-order valence-corrected chi connectivity index (χ4v) is 2.45. The maximum absolute atomic E-state index is 6.17. The van der Waals surface area contributed by atoms with E-state index in [1.807, 2.05) is 0 Å². The van der Waals surface area contributed by atoms with Crippen molar-refractivity contribution in [2.75, 3.05) is 13.2 Å². The normalized spacial score (nSPS) is 14.8. The zero-order chi connectivity index (χ0) is 15.4. The largest absolute Gasteiger partial charge is 0.489 e. The Balaban J connectivity index is 2.03. The lowest BCUT2D eigenvalue weighted by Crippen LogP contribution is -2.21. The third-order valence-corrected chi connectivity index (χ3v) is 3.96. The number of ether oxygens (including phenoxy) is 1. The highest BCUT2D eigenvalue weighted by atomic mass is 16.5. The minimum Gasteiger partial charge on any atom is -0.489 e. The lowest BCUT2D eigenvalue weighted by atomic mass is 9.94. The molecule has 116 valence electrons. The van der Waals surface area contributed by atoms with Crippen LogP contribution in [-0.4, -0.2) is 19.2 Å². The van der Waals surface area contributed by atoms with Crippen molar-refractivity contribution in [3.05, 3.63) is 41.5 Å². The van der Waals surface area contributed by atoms with Gasteiger partial charge in [0, 0.05) is 12.6 Å². The third kappa shape index (κ3) is 4.60. The van der Waals surface area contributed by atoms with Crippen molar-refractivity contribution < 1.29 is 4.74 Å². The van der Waals surface area contributed by atoms with Crippen LogP contribution in [0.25, 0.3) is 0 Å². The lowest BCUT2D eigenvalue weighted by molar-refractivity contribution is 0.338. The van der Waals surface area contributed by atoms with E-state index in [2.05, 4.69) is 57.8 Å². The molecule has 1 N–H and O–H groups in total. The number of para-hydroxylation sites is 1. The quantitative estimate of drug-likeness (QED) is 0.704. The van der Waals surface area contributed by atoms with Gasteiger partial charge in [0.2, 0.25) is 0 Å². The molecule has 21 heavy (non-hydrogen) atoms. The molecule has 1 saturated carbocycles. The summed E-state index contributed by atoms with van der Waals surface area (Å²) < 4.78 is 6.17. The predicted octanol–water partition coefficient (Wildman–Crippen LogP) is 4.62. The zero-order valence-electron chi connectivity index (χ0n) is 13.9. The minimum absolute atomic E-state index is 0.469. The highest BCUT2D eigenvalue weighted by Crippen LogP contribution is 2.34. The standard InChI is InChI=1S/C19H29NO/c1-13(2)17-7-6-8-18(14(3)4)19(17)21-12-15(5)11-20-16-9-10-16/h6-8,13-14,16,20H,5,9-12H2,1-4H3. The Hall–Kier alpha value is -1.28. The van der Waals surface area contributed by atoms with Crippen molar-refractivity contribution in [2.45, 2.75) is 58.4 Å². The zero-order valence-corrected chi connectivity index (χ0v) is 13.9. The number of benzene rings is 1. The van der Waals surface area contributed by atoms with Gasteiger partial charge in [0.15, 0.2) is 0 Å². The molecule has 0 saturated heterocycles. The molecule has 1 aromatic carbocycles. The topological polar surface area (TPSA) is 21.3 Å². The van der Waals surface area contributed by atoms with Crippen LogP contribution < -0.4 is 10.1 Å². The highest BCUT2D eigenvalue weighted by Gasteiger charge is 2.20. The SMILES string of the molecule is C=C(CNC1CC1)COc1c(C(C)C)cccc1C(C)C. The molecule has 1 fully saturated rings. The van der Waals surface area contributed by atoms with Gasteiger partial charge < -0.3 is 10.1 Å². The summed E-state index contributed by atoms with van der Waals surface area (Å²) in [6.07, 6.45) is 2.61. The molecule has 1 aliphatic rings. The van der Waals surface area contributed by atoms with Crippen molar-refractivity contribution in [1.82, 2.24) is 5.32 Å². The maximum Gasteiger partial charge on any atom is 0.126 e. The Kier molecular flexibility index (Phi) is 5.46. The first-order valence-corrected chi connectivity index (χ1v) is 8.14. The summed E-state index contributed by atoms with van der Waals surface area (Å²) in [6, 6.07) is 7.21. The van der Waals surface area contributed by atoms with E-state index in [0.29, 0.717) is 18.4 Å². The predicted molar refractivity (Wildman–Crippen MR) is 90.3 cm³/mol. The minimum atomic E-state index is 0.469. The van der Waals surface area contributed by atoms with Crippen molar-refractivity contribution in [1.29, 1.82) is 0 Å². The number of hydrogen-bond donors (Lipinski definition) is 1. The maximum atomic E-state index is 6.17. The molecule has 2 rings (SSSR count). The second-order valence-corrected chi connectivity index (χ2v) is 6.77. The molecule has 0 aliphatic heterocycles. The Labute approximate surface area is 129 Å². The molecule has 0 amide bonds. The van der Waals surface area contributed by atoms with Crippen molar-refractivity contribution in [3.63, 3.8) is 0 Å². The summed E-state index contributed by atoms with van der Waals surface area (Å²) in [5.74, 6) is 2.00. The highest BCUT2D eigenvalue weighted by molar-refractivity contribution is 5.45. The van der Waals surface area contributed by atoms with E-state index in [-0.39, 0.29) is 0 Å². The molecule has 1 aliphatic carbocycles. The van der Waals surface area contributed by atoms with Crippen LogP contribution in [0.4, 0.5) is 0 Å². The van der Waals surface area contributed by atoms with Gasteiger partial charge in [-0.1, -0.05) is 52.5 Å². The van der Waals surface area contributed by atoms with E-state index in [1.165, 1.54) is 24.0 Å². The number of rotatable bonds is 8. The molecule has 0 aromatic heterocycles. The number of nitrogens with one attached hydrogen (secondary N) is 1. The first-order valence-electron chi connectivity index (χ1n) is 8.14. The second kappa shape index (κ2) is 7.13. The van der Waals surface area contributed by atoms with Crippen LogP contribution in [-0.2, 0) is 0 Å². The van der Waals surface area contributed by atoms with Crippen LogP contribution in [0.2, 0.25) is 0 Å². The Morgan fingerprint density at radius 1 is 1.19 bits per heavy atom. The third-order valence-electron chi connectivity index (χ3n) is 3.96. The van der Waals surface area contributed by atoms with Crippen LogP contribution in [0, 0.1) is 0 Å². The Morgan fingerprint density at radius 2 is 1.76 bits per heavy atom. The molecule has 1 aromatic rings. The van der Waals surface area contributed by atoms with E-state index in [1.54, 1.807) is 0 Å². The van der Waals surface area contributed by atoms with Crippen molar-refractivity contribution in [3.8, 4) is 5.75 Å². The molecule has 2 heteroatoms. The van der Waals surface area contributed by atoms with Gasteiger partial charge in [-0.25, -0.2) is 0 Å². The summed E-state index contributed by atoms with van der Waals surface area (Å²) in [7, 11) is 0. The summed E-state index contributed by atoms with van der Waals surface area (Å²) >= 11 is 0. The molecular weight excluding hydrogens is 258 g/mol. The van der Waals surface area contributed by atoms with E-state index < -0.39 is 0 Å². The summed E-state index contributed by atoms with van der Waals surface area (Å²) in [6.45, 7) is 14.5. The fraction of sp³-hybridized carbons (Fsp3) is 0.579. The second-order valence-electron chi connectivity index (χ2n) is 6.77. The molecule has 0 heterocycles. The van der Waals surface area contributed by atoms with Gasteiger partial charge in [-0.05, 0) is 41.4 Å². The smallest absolute Gasteiger partial charge is 0.126 e. The first-order chi connectivity index (χ1) is 9.99. The molecule has 0 radical (unpaired) electrons. The number of hydrogen-bond acceptors (Lipinski definition) is 2. The van der Waals surface area contributed by atoms with Gasteiger partial charge in [0.05, 0.1) is 0 Å². The Morgan fingerprint density at radius 3 is 2.24 bits per heavy atom. The fourth-order valence-electron chi connectivity index (χ4n) is 2.45. The van der Waals surface area contributed by atoms with Crippen LogP contribution in [0.15, 0.2) is 30.4 Å². The van der Waals surface area contributed by atoms with E-state index in [0.717, 1.165) is 23.9 Å². The van der Waals surface area contributed by atoms with Crippen molar-refractivity contribution in [2.24, 2.45) is 0 Å². The Bertz CT molecular complexity index is 460. The monoisotopic (exact) mass is 287 g/mol. The van der Waals surface area contributed by atoms with Crippen LogP contribution in [0.3, 0.4) is 0 Å². The summed E-state index contributed by atoms with van der Waals surface area (Å²) in [5.41, 5.74) is 3.71. The molecular formula is C19H29NO. The van der Waals surface area contributed by atoms with Gasteiger partial charge >= 0.3 is 0 Å². The molecule has 0 spiro atoms. The first kappa shape index (κ1) is 16.1. The van der Waals surface area contributed by atoms with E-state index in [4.69, 9.17) is 4.74 Å². The average molecular weight is 287 g/mol. The van der Waals surface area contributed by atoms with Gasteiger partial charge in [-0.15, -0.1) is 0 Å². The van der Waals surface area contributed by atoms with Gasteiger partial charge in [-0.2, -0.15) is 0 Å². The van der Waals surface area contributed by atoms with Crippen LogP contribution >= 0.6 is 0 Å². The molecule has 2 nitrogen and oxygen atoms in total. The molecule has 0 bridgehead atoms. The summed E-state index contributed by atoms with van der Waals surface area (Å²) in [5, 5.41) is 3.49. The van der Waals surface area contributed by atoms with Gasteiger partial charge in [0.1, 0.15) is 12.4 Å². The lowest BCUT2D eigenvalue weighted by Gasteiger charge is -2.20. The van der Waals surface area contributed by atoms with Crippen LogP contribution in [0.1, 0.15) is 63.5 Å². The molecule has 0 atom stereocenters. The van der Waals surface area contributed by atoms with Crippen molar-refractivity contribution >= 4 is 0 Å². The average Bonchev–Trinajstić information content (AvgIpc) is 3.26. The van der Waals surface area contributed by atoms with Gasteiger partial charge in [0.25, 0.3) is 0 Å². The van der Waals surface area contributed by atoms with E-state index >= 15 is 0 Å². The molecule has 0 unspecified atom stereocenters. The van der Waals surface area contributed by atoms with Crippen LogP contribution in [0.5, 0.6) is 5.75 Å². The van der Waals surface area contributed by atoms with Gasteiger partial charge in [-0.3, -0.25) is 0 Å². The summed E-state index contributed by atoms with van der Waals surface area (Å²) in [4.78, 5) is 0.